The largest absolute Gasteiger partial charge is 0.0795 e. The maximum absolute atomic E-state index is 2.29. The van der Waals surface area contributed by atoms with E-state index < -0.39 is 0 Å². The maximum atomic E-state index is 2.29. The molecule has 0 aromatic heterocycles. The Balaban J connectivity index is 1.81. The van der Waals surface area contributed by atoms with E-state index in [-0.39, 0.29) is 0 Å². The van der Waals surface area contributed by atoms with Crippen LogP contribution in [0.1, 0.15) is 11.1 Å². The van der Waals surface area contributed by atoms with E-state index in [0.29, 0.717) is 0 Å². The zero-order chi connectivity index (χ0) is 15.5. The van der Waals surface area contributed by atoms with Crippen molar-refractivity contribution in [3.63, 3.8) is 0 Å². The molecule has 0 atom stereocenters. The van der Waals surface area contributed by atoms with Gasteiger partial charge in [0.25, 0.3) is 0 Å². The summed E-state index contributed by atoms with van der Waals surface area (Å²) in [6.45, 7) is 0. The molecular formula is C23H18. The van der Waals surface area contributed by atoms with Gasteiger partial charge in [0.15, 0.2) is 0 Å². The van der Waals surface area contributed by atoms with Crippen LogP contribution in [0.5, 0.6) is 0 Å². The standard InChI is InChI=1S/C23H18/c1-2-9-18(10-3-1)11-8-16-23-21-14-6-4-12-19(21)17-20-13-5-7-15-22(20)23/h1-15,17H,16H2/b11-8+. The third kappa shape index (κ3) is 2.76. The molecule has 0 saturated heterocycles. The molecule has 0 bridgehead atoms. The Morgan fingerprint density at radius 1 is 0.609 bits per heavy atom. The summed E-state index contributed by atoms with van der Waals surface area (Å²) in [6.07, 6.45) is 5.41. The highest BCUT2D eigenvalue weighted by molar-refractivity contribution is 6.02. The molecule has 0 aliphatic heterocycles. The molecule has 4 aromatic carbocycles. The molecule has 0 amide bonds. The van der Waals surface area contributed by atoms with E-state index in [1.54, 1.807) is 0 Å². The summed E-state index contributed by atoms with van der Waals surface area (Å²) in [5, 5.41) is 5.33. The minimum atomic E-state index is 0.941. The van der Waals surface area contributed by atoms with Gasteiger partial charge in [-0.05, 0) is 45.2 Å². The Kier molecular flexibility index (Phi) is 3.65. The lowest BCUT2D eigenvalue weighted by Gasteiger charge is -2.10. The number of rotatable bonds is 3. The topological polar surface area (TPSA) is 0 Å². The van der Waals surface area contributed by atoms with Gasteiger partial charge >= 0.3 is 0 Å². The molecule has 110 valence electrons. The summed E-state index contributed by atoms with van der Waals surface area (Å²) in [5.74, 6) is 0. The van der Waals surface area contributed by atoms with Crippen LogP contribution in [-0.4, -0.2) is 0 Å². The molecule has 0 heterocycles. The molecule has 0 radical (unpaired) electrons. The van der Waals surface area contributed by atoms with Crippen LogP contribution < -0.4 is 0 Å². The van der Waals surface area contributed by atoms with Crippen LogP contribution in [0.4, 0.5) is 0 Å². The van der Waals surface area contributed by atoms with E-state index in [0.717, 1.165) is 6.42 Å². The van der Waals surface area contributed by atoms with Crippen molar-refractivity contribution in [1.29, 1.82) is 0 Å². The minimum absolute atomic E-state index is 0.941. The lowest BCUT2D eigenvalue weighted by atomic mass is 9.94. The average Bonchev–Trinajstić information content (AvgIpc) is 2.62. The summed E-state index contributed by atoms with van der Waals surface area (Å²) >= 11 is 0. The van der Waals surface area contributed by atoms with E-state index >= 15 is 0 Å². The van der Waals surface area contributed by atoms with Crippen molar-refractivity contribution in [2.24, 2.45) is 0 Å². The Hall–Kier alpha value is -2.86. The summed E-state index contributed by atoms with van der Waals surface area (Å²) in [7, 11) is 0. The number of benzene rings is 4. The summed E-state index contributed by atoms with van der Waals surface area (Å²) in [4.78, 5) is 0. The molecule has 23 heavy (non-hydrogen) atoms. The highest BCUT2D eigenvalue weighted by Gasteiger charge is 2.05. The zero-order valence-electron chi connectivity index (χ0n) is 12.9. The van der Waals surface area contributed by atoms with Gasteiger partial charge < -0.3 is 0 Å². The van der Waals surface area contributed by atoms with E-state index in [9.17, 15) is 0 Å². The Morgan fingerprint density at radius 3 is 1.83 bits per heavy atom. The monoisotopic (exact) mass is 294 g/mol. The number of fused-ring (bicyclic) bond motifs is 2. The molecule has 0 heteroatoms. The molecule has 0 spiro atoms. The molecular weight excluding hydrogens is 276 g/mol. The predicted molar refractivity (Wildman–Crippen MR) is 101 cm³/mol. The van der Waals surface area contributed by atoms with Crippen molar-refractivity contribution in [3.8, 4) is 0 Å². The predicted octanol–water partition coefficient (Wildman–Crippen LogP) is 6.25. The van der Waals surface area contributed by atoms with Crippen LogP contribution in [0.15, 0.2) is 91.0 Å². The van der Waals surface area contributed by atoms with Gasteiger partial charge in [0.2, 0.25) is 0 Å². The summed E-state index contributed by atoms with van der Waals surface area (Å²) in [6, 6.07) is 30.1. The van der Waals surface area contributed by atoms with E-state index in [1.807, 2.05) is 0 Å². The number of hydrogen-bond donors (Lipinski definition) is 0. The molecule has 0 unspecified atom stereocenters. The summed E-state index contributed by atoms with van der Waals surface area (Å²) in [5.41, 5.74) is 2.66. The first-order valence-electron chi connectivity index (χ1n) is 8.03. The van der Waals surface area contributed by atoms with Gasteiger partial charge in [0.1, 0.15) is 0 Å². The molecule has 0 fully saturated rings. The van der Waals surface area contributed by atoms with Crippen LogP contribution in [0, 0.1) is 0 Å². The zero-order valence-corrected chi connectivity index (χ0v) is 12.9. The van der Waals surface area contributed by atoms with Crippen LogP contribution in [-0.2, 0) is 6.42 Å². The third-order valence-electron chi connectivity index (χ3n) is 4.31. The van der Waals surface area contributed by atoms with Gasteiger partial charge in [-0.25, -0.2) is 0 Å². The SMILES string of the molecule is C(=C\c1ccccc1)/Cc1c2ccccc2cc2ccccc12. The second kappa shape index (κ2) is 6.10. The van der Waals surface area contributed by atoms with Crippen molar-refractivity contribution < 1.29 is 0 Å². The second-order valence-corrected chi connectivity index (χ2v) is 5.81. The molecule has 4 aromatic rings. The fraction of sp³-hybridized carbons (Fsp3) is 0.0435. The van der Waals surface area contributed by atoms with Crippen LogP contribution in [0.25, 0.3) is 27.6 Å². The van der Waals surface area contributed by atoms with E-state index in [4.69, 9.17) is 0 Å². The fourth-order valence-electron chi connectivity index (χ4n) is 3.20. The normalized spacial score (nSPS) is 11.5. The van der Waals surface area contributed by atoms with E-state index in [1.165, 1.54) is 32.7 Å². The Labute approximate surface area is 136 Å². The fourth-order valence-corrected chi connectivity index (χ4v) is 3.20. The molecule has 4 rings (SSSR count). The maximum Gasteiger partial charge on any atom is -0.00818 e. The van der Waals surface area contributed by atoms with Gasteiger partial charge in [-0.3, -0.25) is 0 Å². The molecule has 0 nitrogen and oxygen atoms in total. The lowest BCUT2D eigenvalue weighted by Crippen LogP contribution is -1.88. The van der Waals surface area contributed by atoms with Gasteiger partial charge in [-0.1, -0.05) is 91.0 Å². The Morgan fingerprint density at radius 2 is 1.17 bits per heavy atom. The average molecular weight is 294 g/mol. The highest BCUT2D eigenvalue weighted by Crippen LogP contribution is 2.29. The van der Waals surface area contributed by atoms with Gasteiger partial charge in [-0.2, -0.15) is 0 Å². The Bertz CT molecular complexity index is 924. The van der Waals surface area contributed by atoms with Crippen LogP contribution in [0.3, 0.4) is 0 Å². The van der Waals surface area contributed by atoms with Gasteiger partial charge in [0.05, 0.1) is 0 Å². The van der Waals surface area contributed by atoms with Crippen LogP contribution >= 0.6 is 0 Å². The van der Waals surface area contributed by atoms with Crippen molar-refractivity contribution in [1.82, 2.24) is 0 Å². The molecule has 0 N–H and O–H groups in total. The minimum Gasteiger partial charge on any atom is -0.0795 e. The third-order valence-corrected chi connectivity index (χ3v) is 4.31. The van der Waals surface area contributed by atoms with Gasteiger partial charge in [0, 0.05) is 0 Å². The van der Waals surface area contributed by atoms with Gasteiger partial charge in [-0.15, -0.1) is 0 Å². The van der Waals surface area contributed by atoms with Crippen molar-refractivity contribution in [2.45, 2.75) is 6.42 Å². The number of hydrogen-bond acceptors (Lipinski definition) is 0. The van der Waals surface area contributed by atoms with E-state index in [2.05, 4.69) is 97.1 Å². The molecule has 0 aliphatic carbocycles. The molecule has 0 saturated carbocycles. The quantitative estimate of drug-likeness (QED) is 0.392. The summed E-state index contributed by atoms with van der Waals surface area (Å²) < 4.78 is 0. The van der Waals surface area contributed by atoms with Crippen LogP contribution in [0.2, 0.25) is 0 Å². The smallest absolute Gasteiger partial charge is 0.00818 e. The van der Waals surface area contributed by atoms with Crippen molar-refractivity contribution in [3.05, 3.63) is 102 Å². The lowest BCUT2D eigenvalue weighted by molar-refractivity contribution is 1.34. The second-order valence-electron chi connectivity index (χ2n) is 5.81. The molecule has 0 aliphatic rings. The highest BCUT2D eigenvalue weighted by atomic mass is 14.1. The van der Waals surface area contributed by atoms with Crippen molar-refractivity contribution >= 4 is 27.6 Å². The van der Waals surface area contributed by atoms with Crippen molar-refractivity contribution in [2.75, 3.05) is 0 Å². The first-order chi connectivity index (χ1) is 11.4. The number of allylic oxidation sites excluding steroid dienone is 1. The first-order valence-corrected chi connectivity index (χ1v) is 8.03. The first kappa shape index (κ1) is 13.8.